The maximum absolute atomic E-state index is 11.8. The van der Waals surface area contributed by atoms with E-state index in [0.29, 0.717) is 25.7 Å². The molecule has 1 saturated heterocycles. The Balaban J connectivity index is 1.72. The highest BCUT2D eigenvalue weighted by Crippen LogP contribution is 2.14. The molecular weight excluding hydrogens is 292 g/mol. The molecule has 0 aromatic heterocycles. The van der Waals surface area contributed by atoms with Gasteiger partial charge in [0.2, 0.25) is 5.91 Å². The fraction of sp³-hybridized carbons (Fsp3) is 0.611. The molecule has 128 valence electrons. The van der Waals surface area contributed by atoms with Crippen molar-refractivity contribution >= 4 is 5.91 Å². The van der Waals surface area contributed by atoms with Crippen LogP contribution >= 0.6 is 0 Å². The molecule has 1 fully saturated rings. The fourth-order valence-electron chi connectivity index (χ4n) is 2.57. The van der Waals surface area contributed by atoms with Gasteiger partial charge < -0.3 is 20.5 Å². The van der Waals surface area contributed by atoms with E-state index < -0.39 is 6.04 Å². The van der Waals surface area contributed by atoms with Crippen LogP contribution in [0.2, 0.25) is 0 Å². The molecule has 1 aliphatic heterocycles. The molecule has 1 amide bonds. The van der Waals surface area contributed by atoms with Gasteiger partial charge in [0.25, 0.3) is 0 Å². The van der Waals surface area contributed by atoms with E-state index >= 15 is 0 Å². The molecule has 0 radical (unpaired) electrons. The van der Waals surface area contributed by atoms with Crippen molar-refractivity contribution in [3.8, 4) is 0 Å². The molecule has 5 nitrogen and oxygen atoms in total. The lowest BCUT2D eigenvalue weighted by Crippen LogP contribution is -2.40. The molecule has 0 bridgehead atoms. The van der Waals surface area contributed by atoms with Crippen LogP contribution in [0.25, 0.3) is 0 Å². The van der Waals surface area contributed by atoms with E-state index in [1.165, 1.54) is 0 Å². The second kappa shape index (κ2) is 9.65. The summed E-state index contributed by atoms with van der Waals surface area (Å²) >= 11 is 0. The summed E-state index contributed by atoms with van der Waals surface area (Å²) < 4.78 is 11.2. The predicted molar refractivity (Wildman–Crippen MR) is 89.8 cm³/mol. The van der Waals surface area contributed by atoms with Crippen molar-refractivity contribution in [3.63, 3.8) is 0 Å². The van der Waals surface area contributed by atoms with Crippen molar-refractivity contribution in [3.05, 3.63) is 35.4 Å². The summed E-state index contributed by atoms with van der Waals surface area (Å²) in [6, 6.07) is 7.73. The summed E-state index contributed by atoms with van der Waals surface area (Å²) in [5.41, 5.74) is 8.00. The topological polar surface area (TPSA) is 73.6 Å². The molecule has 0 aliphatic carbocycles. The molecule has 1 aromatic rings. The van der Waals surface area contributed by atoms with E-state index in [4.69, 9.17) is 15.2 Å². The quantitative estimate of drug-likeness (QED) is 0.769. The minimum atomic E-state index is -0.410. The van der Waals surface area contributed by atoms with Gasteiger partial charge in [-0.05, 0) is 30.4 Å². The number of nitrogens with one attached hydrogen (secondary N) is 1. The molecule has 1 aliphatic rings. The highest BCUT2D eigenvalue weighted by Gasteiger charge is 2.14. The van der Waals surface area contributed by atoms with Crippen molar-refractivity contribution in [2.75, 3.05) is 13.2 Å². The maximum atomic E-state index is 11.8. The van der Waals surface area contributed by atoms with Gasteiger partial charge in [-0.2, -0.15) is 0 Å². The van der Waals surface area contributed by atoms with Crippen LogP contribution in [0.3, 0.4) is 0 Å². The van der Waals surface area contributed by atoms with E-state index in [-0.39, 0.29) is 5.91 Å². The standard InChI is InChI=1S/C18H28N2O3/c1-2-3-17(19)18(21)20-12-14-4-6-15(7-5-14)13-23-16-8-10-22-11-9-16/h4-7,16-17H,2-3,8-13,19H2,1H3,(H,20,21). The van der Waals surface area contributed by atoms with Crippen LogP contribution in [-0.2, 0) is 27.4 Å². The normalized spacial score (nSPS) is 17.0. The number of carbonyl (C=O) groups excluding carboxylic acids is 1. The van der Waals surface area contributed by atoms with Crippen molar-refractivity contribution in [1.82, 2.24) is 5.32 Å². The molecule has 0 saturated carbocycles. The molecule has 1 heterocycles. The van der Waals surface area contributed by atoms with Crippen molar-refractivity contribution in [1.29, 1.82) is 0 Å². The summed E-state index contributed by atoms with van der Waals surface area (Å²) in [5, 5.41) is 2.88. The first-order chi connectivity index (χ1) is 11.2. The van der Waals surface area contributed by atoms with Crippen molar-refractivity contribution in [2.45, 2.75) is 57.9 Å². The lowest BCUT2D eigenvalue weighted by atomic mass is 10.1. The minimum absolute atomic E-state index is 0.0845. The number of rotatable bonds is 8. The first-order valence-corrected chi connectivity index (χ1v) is 8.49. The second-order valence-electron chi connectivity index (χ2n) is 6.05. The van der Waals surface area contributed by atoms with Gasteiger partial charge in [0, 0.05) is 19.8 Å². The summed E-state index contributed by atoms with van der Waals surface area (Å²) in [4.78, 5) is 11.8. The lowest BCUT2D eigenvalue weighted by Gasteiger charge is -2.22. The van der Waals surface area contributed by atoms with Crippen LogP contribution in [0.5, 0.6) is 0 Å². The smallest absolute Gasteiger partial charge is 0.237 e. The van der Waals surface area contributed by atoms with E-state index in [9.17, 15) is 4.79 Å². The molecule has 0 spiro atoms. The molecule has 1 unspecified atom stereocenters. The number of hydrogen-bond acceptors (Lipinski definition) is 4. The molecule has 2 rings (SSSR count). The fourth-order valence-corrected chi connectivity index (χ4v) is 2.57. The van der Waals surface area contributed by atoms with Gasteiger partial charge in [-0.15, -0.1) is 0 Å². The largest absolute Gasteiger partial charge is 0.381 e. The average molecular weight is 320 g/mol. The van der Waals surface area contributed by atoms with E-state index in [1.807, 2.05) is 31.2 Å². The second-order valence-corrected chi connectivity index (χ2v) is 6.05. The van der Waals surface area contributed by atoms with Crippen LogP contribution < -0.4 is 11.1 Å². The zero-order valence-electron chi connectivity index (χ0n) is 13.9. The molecule has 1 atom stereocenters. The van der Waals surface area contributed by atoms with Gasteiger partial charge in [-0.25, -0.2) is 0 Å². The third kappa shape index (κ3) is 6.29. The molecule has 1 aromatic carbocycles. The highest BCUT2D eigenvalue weighted by atomic mass is 16.5. The van der Waals surface area contributed by atoms with Crippen LogP contribution in [0.1, 0.15) is 43.7 Å². The maximum Gasteiger partial charge on any atom is 0.237 e. The highest BCUT2D eigenvalue weighted by molar-refractivity contribution is 5.81. The zero-order valence-corrected chi connectivity index (χ0v) is 13.9. The number of carbonyl (C=O) groups is 1. The Morgan fingerprint density at radius 3 is 2.61 bits per heavy atom. The summed E-state index contributed by atoms with van der Waals surface area (Å²) in [5.74, 6) is -0.0845. The molecular formula is C18H28N2O3. The molecule has 3 N–H and O–H groups in total. The number of amides is 1. The number of nitrogens with two attached hydrogens (primary N) is 1. The average Bonchev–Trinajstić information content (AvgIpc) is 2.60. The number of benzene rings is 1. The van der Waals surface area contributed by atoms with Crippen LogP contribution in [0.4, 0.5) is 0 Å². The van der Waals surface area contributed by atoms with Gasteiger partial charge >= 0.3 is 0 Å². The summed E-state index contributed by atoms with van der Waals surface area (Å²) in [6.07, 6.45) is 3.89. The summed E-state index contributed by atoms with van der Waals surface area (Å²) in [7, 11) is 0. The number of hydrogen-bond donors (Lipinski definition) is 2. The lowest BCUT2D eigenvalue weighted by molar-refractivity contribution is -0.122. The third-order valence-corrected chi connectivity index (χ3v) is 4.08. The minimum Gasteiger partial charge on any atom is -0.381 e. The number of ether oxygens (including phenoxy) is 2. The Hall–Kier alpha value is -1.43. The van der Waals surface area contributed by atoms with E-state index in [1.54, 1.807) is 0 Å². The third-order valence-electron chi connectivity index (χ3n) is 4.08. The van der Waals surface area contributed by atoms with Gasteiger partial charge in [-0.3, -0.25) is 4.79 Å². The Bertz CT molecular complexity index is 470. The Kier molecular flexibility index (Phi) is 7.52. The van der Waals surface area contributed by atoms with Crippen molar-refractivity contribution in [2.24, 2.45) is 5.73 Å². The summed E-state index contributed by atoms with van der Waals surface area (Å²) in [6.45, 7) is 4.75. The van der Waals surface area contributed by atoms with Gasteiger partial charge in [0.05, 0.1) is 18.8 Å². The molecule has 5 heteroatoms. The Morgan fingerprint density at radius 2 is 1.96 bits per heavy atom. The SMILES string of the molecule is CCCC(N)C(=O)NCc1ccc(COC2CCOCC2)cc1. The predicted octanol–water partition coefficient (Wildman–Crippen LogP) is 2.13. The Morgan fingerprint density at radius 1 is 1.30 bits per heavy atom. The van der Waals surface area contributed by atoms with Crippen LogP contribution in [0.15, 0.2) is 24.3 Å². The first kappa shape index (κ1) is 17.9. The van der Waals surface area contributed by atoms with Gasteiger partial charge in [-0.1, -0.05) is 37.6 Å². The van der Waals surface area contributed by atoms with Gasteiger partial charge in [0.1, 0.15) is 0 Å². The van der Waals surface area contributed by atoms with E-state index in [2.05, 4.69) is 5.32 Å². The monoisotopic (exact) mass is 320 g/mol. The Labute approximate surface area is 138 Å². The van der Waals surface area contributed by atoms with Crippen LogP contribution in [-0.4, -0.2) is 31.3 Å². The first-order valence-electron chi connectivity index (χ1n) is 8.49. The molecule has 23 heavy (non-hydrogen) atoms. The van der Waals surface area contributed by atoms with Crippen LogP contribution in [0, 0.1) is 0 Å². The van der Waals surface area contributed by atoms with Gasteiger partial charge in [0.15, 0.2) is 0 Å². The zero-order chi connectivity index (χ0) is 16.5. The van der Waals surface area contributed by atoms with Crippen molar-refractivity contribution < 1.29 is 14.3 Å². The van der Waals surface area contributed by atoms with E-state index in [0.717, 1.165) is 43.6 Å².